The standard InChI is InChI=1S/C17H23NO5.C2H6/c1-4-13-8-7-9-14(10-13)17(21)18(11-15(19)22-5-2)12-16(20)23-6-3;1-2/h7-10H,4-6,11-12H2,1-3H3;1-2H3. The Morgan fingerprint density at radius 3 is 1.88 bits per heavy atom. The minimum atomic E-state index is -0.559. The van der Waals surface area contributed by atoms with Gasteiger partial charge in [0.05, 0.1) is 13.2 Å². The Balaban J connectivity index is 0.00000277. The van der Waals surface area contributed by atoms with E-state index in [2.05, 4.69) is 0 Å². The van der Waals surface area contributed by atoms with Crippen LogP contribution in [-0.2, 0) is 25.5 Å². The second-order valence-electron chi connectivity index (χ2n) is 4.83. The number of esters is 2. The lowest BCUT2D eigenvalue weighted by molar-refractivity contribution is -0.147. The highest BCUT2D eigenvalue weighted by molar-refractivity contribution is 5.97. The molecule has 1 amide bonds. The van der Waals surface area contributed by atoms with Gasteiger partial charge in [-0.2, -0.15) is 0 Å². The Morgan fingerprint density at radius 1 is 0.920 bits per heavy atom. The minimum absolute atomic E-state index is 0.214. The van der Waals surface area contributed by atoms with Gasteiger partial charge in [-0.05, 0) is 38.0 Å². The van der Waals surface area contributed by atoms with Crippen LogP contribution < -0.4 is 0 Å². The number of nitrogens with zero attached hydrogens (tertiary/aromatic N) is 1. The van der Waals surface area contributed by atoms with Gasteiger partial charge >= 0.3 is 11.9 Å². The number of hydrogen-bond acceptors (Lipinski definition) is 5. The summed E-state index contributed by atoms with van der Waals surface area (Å²) in [5.41, 5.74) is 1.43. The predicted octanol–water partition coefficient (Wildman–Crippen LogP) is 2.84. The molecule has 0 spiro atoms. The summed E-state index contributed by atoms with van der Waals surface area (Å²) in [6.07, 6.45) is 0.789. The molecule has 25 heavy (non-hydrogen) atoms. The van der Waals surface area contributed by atoms with Crippen LogP contribution in [0.15, 0.2) is 24.3 Å². The van der Waals surface area contributed by atoms with Gasteiger partial charge < -0.3 is 14.4 Å². The topological polar surface area (TPSA) is 72.9 Å². The maximum Gasteiger partial charge on any atom is 0.325 e. The van der Waals surface area contributed by atoms with Crippen molar-refractivity contribution in [3.8, 4) is 0 Å². The van der Waals surface area contributed by atoms with Crippen LogP contribution in [-0.4, -0.2) is 49.0 Å². The number of carbonyl (C=O) groups is 3. The van der Waals surface area contributed by atoms with Crippen LogP contribution in [0.1, 0.15) is 50.5 Å². The summed E-state index contributed by atoms with van der Waals surface area (Å²) >= 11 is 0. The summed E-state index contributed by atoms with van der Waals surface area (Å²) < 4.78 is 9.72. The molecule has 0 bridgehead atoms. The van der Waals surface area contributed by atoms with Crippen LogP contribution in [0.3, 0.4) is 0 Å². The molecular formula is C19H29NO5. The van der Waals surface area contributed by atoms with Gasteiger partial charge in [0.25, 0.3) is 5.91 Å². The van der Waals surface area contributed by atoms with Gasteiger partial charge in [0.2, 0.25) is 0 Å². The maximum atomic E-state index is 12.6. The number of aryl methyl sites for hydroxylation is 1. The highest BCUT2D eigenvalue weighted by Crippen LogP contribution is 2.10. The molecule has 0 heterocycles. The van der Waals surface area contributed by atoms with E-state index in [1.165, 1.54) is 0 Å². The number of carbonyl (C=O) groups excluding carboxylic acids is 3. The second-order valence-corrected chi connectivity index (χ2v) is 4.83. The average Bonchev–Trinajstić information content (AvgIpc) is 2.62. The highest BCUT2D eigenvalue weighted by atomic mass is 16.5. The van der Waals surface area contributed by atoms with Crippen LogP contribution in [0.4, 0.5) is 0 Å². The molecule has 0 N–H and O–H groups in total. The molecule has 0 aliphatic rings. The third-order valence-corrected chi connectivity index (χ3v) is 3.12. The van der Waals surface area contributed by atoms with E-state index in [9.17, 15) is 14.4 Å². The van der Waals surface area contributed by atoms with Crippen LogP contribution >= 0.6 is 0 Å². The van der Waals surface area contributed by atoms with Crippen molar-refractivity contribution in [2.75, 3.05) is 26.3 Å². The molecule has 0 aliphatic heterocycles. The Bertz CT molecular complexity index is 537. The van der Waals surface area contributed by atoms with Gasteiger partial charge in [-0.1, -0.05) is 32.9 Å². The number of benzene rings is 1. The highest BCUT2D eigenvalue weighted by Gasteiger charge is 2.22. The Morgan fingerprint density at radius 2 is 1.44 bits per heavy atom. The van der Waals surface area contributed by atoms with Crippen molar-refractivity contribution in [3.05, 3.63) is 35.4 Å². The normalized spacial score (nSPS) is 9.48. The van der Waals surface area contributed by atoms with Crippen molar-refractivity contribution in [3.63, 3.8) is 0 Å². The van der Waals surface area contributed by atoms with E-state index in [0.717, 1.165) is 16.9 Å². The molecule has 0 fully saturated rings. The predicted molar refractivity (Wildman–Crippen MR) is 96.3 cm³/mol. The van der Waals surface area contributed by atoms with E-state index in [1.807, 2.05) is 26.8 Å². The molecule has 140 valence electrons. The largest absolute Gasteiger partial charge is 0.465 e. The van der Waals surface area contributed by atoms with Gasteiger partial charge in [0, 0.05) is 5.56 Å². The maximum absolute atomic E-state index is 12.6. The Kier molecular flexibility index (Phi) is 11.8. The molecule has 0 aromatic heterocycles. The van der Waals surface area contributed by atoms with Gasteiger partial charge in [0.1, 0.15) is 13.1 Å². The molecule has 0 radical (unpaired) electrons. The SMILES string of the molecule is CC.CCOC(=O)CN(CC(=O)OCC)C(=O)c1cccc(CC)c1. The molecule has 1 aromatic rings. The lowest BCUT2D eigenvalue weighted by atomic mass is 10.1. The molecular weight excluding hydrogens is 322 g/mol. The van der Waals surface area contributed by atoms with Gasteiger partial charge in [0.15, 0.2) is 0 Å². The fourth-order valence-electron chi connectivity index (χ4n) is 2.03. The summed E-state index contributed by atoms with van der Waals surface area (Å²) in [7, 11) is 0. The zero-order valence-corrected chi connectivity index (χ0v) is 15.8. The van der Waals surface area contributed by atoms with Crippen molar-refractivity contribution in [2.24, 2.45) is 0 Å². The summed E-state index contributed by atoms with van der Waals surface area (Å²) in [6.45, 7) is 9.19. The average molecular weight is 351 g/mol. The molecule has 0 aliphatic carbocycles. The summed E-state index contributed by atoms with van der Waals surface area (Å²) in [5.74, 6) is -1.52. The number of rotatable bonds is 8. The molecule has 0 saturated carbocycles. The smallest absolute Gasteiger partial charge is 0.325 e. The monoisotopic (exact) mass is 351 g/mol. The number of ether oxygens (including phenoxy) is 2. The molecule has 0 atom stereocenters. The summed E-state index contributed by atoms with van der Waals surface area (Å²) in [5, 5.41) is 0. The fourth-order valence-corrected chi connectivity index (χ4v) is 2.03. The van der Waals surface area contributed by atoms with Crippen molar-refractivity contribution < 1.29 is 23.9 Å². The Hall–Kier alpha value is -2.37. The zero-order chi connectivity index (χ0) is 19.2. The van der Waals surface area contributed by atoms with E-state index in [4.69, 9.17) is 9.47 Å². The lowest BCUT2D eigenvalue weighted by Gasteiger charge is -2.21. The van der Waals surface area contributed by atoms with E-state index < -0.39 is 17.8 Å². The third kappa shape index (κ3) is 8.33. The Labute approximate surface area is 150 Å². The van der Waals surface area contributed by atoms with Crippen LogP contribution in [0.25, 0.3) is 0 Å². The van der Waals surface area contributed by atoms with E-state index in [0.29, 0.717) is 5.56 Å². The van der Waals surface area contributed by atoms with Crippen molar-refractivity contribution in [2.45, 2.75) is 41.0 Å². The zero-order valence-electron chi connectivity index (χ0n) is 15.8. The molecule has 1 aromatic carbocycles. The molecule has 0 saturated heterocycles. The lowest BCUT2D eigenvalue weighted by Crippen LogP contribution is -2.40. The van der Waals surface area contributed by atoms with Gasteiger partial charge in [-0.25, -0.2) is 0 Å². The van der Waals surface area contributed by atoms with Gasteiger partial charge in [-0.3, -0.25) is 14.4 Å². The van der Waals surface area contributed by atoms with Gasteiger partial charge in [-0.15, -0.1) is 0 Å². The molecule has 1 rings (SSSR count). The summed E-state index contributed by atoms with van der Waals surface area (Å²) in [4.78, 5) is 37.1. The molecule has 6 heteroatoms. The second kappa shape index (κ2) is 13.0. The number of hydrogen-bond donors (Lipinski definition) is 0. The van der Waals surface area contributed by atoms with Crippen molar-refractivity contribution in [1.29, 1.82) is 0 Å². The minimum Gasteiger partial charge on any atom is -0.465 e. The third-order valence-electron chi connectivity index (χ3n) is 3.12. The molecule has 6 nitrogen and oxygen atoms in total. The first-order valence-corrected chi connectivity index (χ1v) is 8.71. The van der Waals surface area contributed by atoms with Crippen LogP contribution in [0.2, 0.25) is 0 Å². The quantitative estimate of drug-likeness (QED) is 0.673. The van der Waals surface area contributed by atoms with E-state index >= 15 is 0 Å². The van der Waals surface area contributed by atoms with E-state index in [-0.39, 0.29) is 26.3 Å². The fraction of sp³-hybridized carbons (Fsp3) is 0.526. The first kappa shape index (κ1) is 22.6. The van der Waals surface area contributed by atoms with Crippen molar-refractivity contribution in [1.82, 2.24) is 4.90 Å². The number of amides is 1. The first-order valence-electron chi connectivity index (χ1n) is 8.71. The molecule has 0 unspecified atom stereocenters. The van der Waals surface area contributed by atoms with Crippen molar-refractivity contribution >= 4 is 17.8 Å². The van der Waals surface area contributed by atoms with Crippen LogP contribution in [0.5, 0.6) is 0 Å². The first-order chi connectivity index (χ1) is 12.0. The summed E-state index contributed by atoms with van der Waals surface area (Å²) in [6, 6.07) is 7.10. The van der Waals surface area contributed by atoms with Crippen LogP contribution in [0, 0.1) is 0 Å². The van der Waals surface area contributed by atoms with E-state index in [1.54, 1.807) is 32.0 Å².